The molecule has 4 nitrogen and oxygen atoms in total. The van der Waals surface area contributed by atoms with Gasteiger partial charge in [-0.2, -0.15) is 0 Å². The second-order valence-electron chi connectivity index (χ2n) is 4.21. The lowest BCUT2D eigenvalue weighted by Crippen LogP contribution is -2.18. The Morgan fingerprint density at radius 2 is 1.84 bits per heavy atom. The third kappa shape index (κ3) is 3.04. The Kier molecular flexibility index (Phi) is 3.71. The van der Waals surface area contributed by atoms with Crippen LogP contribution in [0.3, 0.4) is 0 Å². The van der Waals surface area contributed by atoms with Gasteiger partial charge in [0.2, 0.25) is 0 Å². The fraction of sp³-hybridized carbons (Fsp3) is 0.133. The zero-order valence-electron chi connectivity index (χ0n) is 10.8. The standard InChI is InChI=1S/C15H15NO3/c1-11-9-13(16(18)15(17)10-11)6-3-12-4-7-14(19-2)8-5-12/h3-10,18H,1-2H3. The Morgan fingerprint density at radius 1 is 1.16 bits per heavy atom. The van der Waals surface area contributed by atoms with E-state index in [-0.39, 0.29) is 0 Å². The van der Waals surface area contributed by atoms with Crippen molar-refractivity contribution in [3.63, 3.8) is 0 Å². The van der Waals surface area contributed by atoms with Crippen molar-refractivity contribution in [1.82, 2.24) is 4.73 Å². The summed E-state index contributed by atoms with van der Waals surface area (Å²) >= 11 is 0. The van der Waals surface area contributed by atoms with Gasteiger partial charge in [0.25, 0.3) is 5.56 Å². The monoisotopic (exact) mass is 257 g/mol. The van der Waals surface area contributed by atoms with Crippen LogP contribution in [0.5, 0.6) is 5.75 Å². The highest BCUT2D eigenvalue weighted by Crippen LogP contribution is 2.13. The van der Waals surface area contributed by atoms with E-state index in [1.54, 1.807) is 19.3 Å². The third-order valence-corrected chi connectivity index (χ3v) is 2.74. The maximum atomic E-state index is 11.4. The second kappa shape index (κ2) is 5.44. The van der Waals surface area contributed by atoms with Gasteiger partial charge in [-0.25, -0.2) is 0 Å². The van der Waals surface area contributed by atoms with Gasteiger partial charge in [0.1, 0.15) is 5.75 Å². The van der Waals surface area contributed by atoms with Gasteiger partial charge in [-0.05, 0) is 42.3 Å². The molecule has 0 bridgehead atoms. The Labute approximate surface area is 111 Å². The van der Waals surface area contributed by atoms with E-state index in [4.69, 9.17) is 4.74 Å². The predicted molar refractivity (Wildman–Crippen MR) is 74.5 cm³/mol. The minimum Gasteiger partial charge on any atom is -0.497 e. The summed E-state index contributed by atoms with van der Waals surface area (Å²) in [7, 11) is 1.61. The zero-order chi connectivity index (χ0) is 13.8. The Balaban J connectivity index is 2.29. The second-order valence-corrected chi connectivity index (χ2v) is 4.21. The van der Waals surface area contributed by atoms with E-state index in [1.807, 2.05) is 37.3 Å². The van der Waals surface area contributed by atoms with Crippen molar-refractivity contribution in [3.8, 4) is 5.75 Å². The first-order valence-corrected chi connectivity index (χ1v) is 5.85. The van der Waals surface area contributed by atoms with E-state index in [9.17, 15) is 10.0 Å². The molecule has 2 aromatic rings. The van der Waals surface area contributed by atoms with Crippen LogP contribution in [-0.2, 0) is 0 Å². The molecule has 1 aromatic heterocycles. The van der Waals surface area contributed by atoms with Gasteiger partial charge in [-0.15, -0.1) is 4.73 Å². The minimum atomic E-state index is -0.436. The van der Waals surface area contributed by atoms with E-state index < -0.39 is 5.56 Å². The summed E-state index contributed by atoms with van der Waals surface area (Å²) in [4.78, 5) is 11.4. The van der Waals surface area contributed by atoms with Gasteiger partial charge >= 0.3 is 0 Å². The first-order valence-electron chi connectivity index (χ1n) is 5.85. The van der Waals surface area contributed by atoms with Crippen molar-refractivity contribution in [3.05, 3.63) is 63.6 Å². The highest BCUT2D eigenvalue weighted by Gasteiger charge is 2.00. The smallest absolute Gasteiger partial charge is 0.283 e. The van der Waals surface area contributed by atoms with Gasteiger partial charge in [0, 0.05) is 6.07 Å². The summed E-state index contributed by atoms with van der Waals surface area (Å²) in [5.74, 6) is 0.784. The van der Waals surface area contributed by atoms with Crippen molar-refractivity contribution >= 4 is 12.2 Å². The number of hydrogen-bond donors (Lipinski definition) is 1. The van der Waals surface area contributed by atoms with E-state index in [0.29, 0.717) is 10.4 Å². The van der Waals surface area contributed by atoms with Crippen molar-refractivity contribution in [2.24, 2.45) is 0 Å². The normalized spacial score (nSPS) is 10.8. The number of aromatic nitrogens is 1. The third-order valence-electron chi connectivity index (χ3n) is 2.74. The van der Waals surface area contributed by atoms with Crippen LogP contribution >= 0.6 is 0 Å². The summed E-state index contributed by atoms with van der Waals surface area (Å²) in [6, 6.07) is 10.6. The number of aryl methyl sites for hydroxylation is 1. The minimum absolute atomic E-state index is 0.436. The van der Waals surface area contributed by atoms with Crippen molar-refractivity contribution in [1.29, 1.82) is 0 Å². The molecule has 1 N–H and O–H groups in total. The summed E-state index contributed by atoms with van der Waals surface area (Å²) in [5.41, 5.74) is 1.77. The Hall–Kier alpha value is -2.49. The maximum Gasteiger partial charge on any atom is 0.283 e. The molecule has 0 aliphatic rings. The molecule has 0 spiro atoms. The topological polar surface area (TPSA) is 51.5 Å². The fourth-order valence-electron chi connectivity index (χ4n) is 1.73. The highest BCUT2D eigenvalue weighted by molar-refractivity contribution is 5.68. The van der Waals surface area contributed by atoms with Crippen molar-refractivity contribution < 1.29 is 9.94 Å². The molecule has 0 amide bonds. The summed E-state index contributed by atoms with van der Waals surface area (Å²) in [5, 5.41) is 9.62. The van der Waals surface area contributed by atoms with E-state index in [0.717, 1.165) is 16.9 Å². The van der Waals surface area contributed by atoms with Crippen molar-refractivity contribution in [2.45, 2.75) is 6.92 Å². The molecule has 0 radical (unpaired) electrons. The molecule has 0 fully saturated rings. The number of methoxy groups -OCH3 is 1. The van der Waals surface area contributed by atoms with Gasteiger partial charge in [-0.3, -0.25) is 4.79 Å². The highest BCUT2D eigenvalue weighted by atomic mass is 16.5. The van der Waals surface area contributed by atoms with Gasteiger partial charge in [0.05, 0.1) is 12.8 Å². The molecule has 19 heavy (non-hydrogen) atoms. The van der Waals surface area contributed by atoms with E-state index in [2.05, 4.69) is 0 Å². The van der Waals surface area contributed by atoms with Crippen LogP contribution in [0.25, 0.3) is 12.2 Å². The van der Waals surface area contributed by atoms with Crippen LogP contribution < -0.4 is 10.3 Å². The van der Waals surface area contributed by atoms with Crippen LogP contribution in [0.1, 0.15) is 16.8 Å². The zero-order valence-corrected chi connectivity index (χ0v) is 10.8. The average Bonchev–Trinajstić information content (AvgIpc) is 2.41. The molecule has 4 heteroatoms. The quantitative estimate of drug-likeness (QED) is 0.860. The first-order chi connectivity index (χ1) is 9.10. The Morgan fingerprint density at radius 3 is 2.47 bits per heavy atom. The fourth-order valence-corrected chi connectivity index (χ4v) is 1.73. The van der Waals surface area contributed by atoms with Gasteiger partial charge in [0.15, 0.2) is 0 Å². The largest absolute Gasteiger partial charge is 0.497 e. The molecule has 0 aliphatic carbocycles. The van der Waals surface area contributed by atoms with Gasteiger partial charge in [-0.1, -0.05) is 18.2 Å². The molecule has 98 valence electrons. The number of benzene rings is 1. The number of rotatable bonds is 3. The molecule has 1 aromatic carbocycles. The SMILES string of the molecule is COc1ccc(C=Cc2cc(C)cc(=O)n2O)cc1. The summed E-state index contributed by atoms with van der Waals surface area (Å²) in [6.07, 6.45) is 3.51. The van der Waals surface area contributed by atoms with Gasteiger partial charge < -0.3 is 9.94 Å². The van der Waals surface area contributed by atoms with E-state index in [1.165, 1.54) is 6.07 Å². The van der Waals surface area contributed by atoms with Crippen LogP contribution in [0, 0.1) is 6.92 Å². The molecule has 0 saturated heterocycles. The predicted octanol–water partition coefficient (Wildman–Crippen LogP) is 2.57. The molecule has 1 heterocycles. The summed E-state index contributed by atoms with van der Waals surface area (Å²) < 4.78 is 5.70. The molecular weight excluding hydrogens is 242 g/mol. The Bertz CT molecular complexity index is 654. The van der Waals surface area contributed by atoms with Crippen LogP contribution in [0.15, 0.2) is 41.2 Å². The maximum absolute atomic E-state index is 11.4. The van der Waals surface area contributed by atoms with Crippen molar-refractivity contribution in [2.75, 3.05) is 7.11 Å². The van der Waals surface area contributed by atoms with Crippen LogP contribution in [0.2, 0.25) is 0 Å². The lowest BCUT2D eigenvalue weighted by Gasteiger charge is -2.03. The molecule has 0 atom stereocenters. The molecular formula is C15H15NO3. The molecule has 2 rings (SSSR count). The molecule has 0 saturated carbocycles. The number of ether oxygens (including phenoxy) is 1. The lowest BCUT2D eigenvalue weighted by atomic mass is 10.1. The lowest BCUT2D eigenvalue weighted by molar-refractivity contribution is 0.172. The number of hydrogen-bond acceptors (Lipinski definition) is 3. The number of nitrogens with zero attached hydrogens (tertiary/aromatic N) is 1. The molecule has 0 unspecified atom stereocenters. The first kappa shape index (κ1) is 13.0. The van der Waals surface area contributed by atoms with Crippen LogP contribution in [-0.4, -0.2) is 17.0 Å². The average molecular weight is 257 g/mol. The summed E-state index contributed by atoms with van der Waals surface area (Å²) in [6.45, 7) is 1.81. The van der Waals surface area contributed by atoms with Crippen LogP contribution in [0.4, 0.5) is 0 Å². The van der Waals surface area contributed by atoms with E-state index >= 15 is 0 Å². The molecule has 0 aliphatic heterocycles. The number of pyridine rings is 1.